The summed E-state index contributed by atoms with van der Waals surface area (Å²) < 4.78 is 1.90. The van der Waals surface area contributed by atoms with Crippen LogP contribution in [-0.4, -0.2) is 32.3 Å². The molecule has 0 saturated carbocycles. The van der Waals surface area contributed by atoms with Gasteiger partial charge in [-0.15, -0.1) is 10.2 Å². The molecule has 1 atom stereocenters. The Labute approximate surface area is 197 Å². The summed E-state index contributed by atoms with van der Waals surface area (Å²) in [6.07, 6.45) is 0. The summed E-state index contributed by atoms with van der Waals surface area (Å²) in [4.78, 5) is 24.9. The van der Waals surface area contributed by atoms with Crippen molar-refractivity contribution in [2.45, 2.75) is 45.4 Å². The van der Waals surface area contributed by atoms with Gasteiger partial charge in [0.2, 0.25) is 5.91 Å². The molecule has 2 aromatic carbocycles. The van der Waals surface area contributed by atoms with Gasteiger partial charge in [-0.05, 0) is 75.2 Å². The van der Waals surface area contributed by atoms with Crippen molar-refractivity contribution in [2.24, 2.45) is 0 Å². The van der Waals surface area contributed by atoms with Crippen molar-refractivity contribution in [2.75, 3.05) is 11.1 Å². The number of anilines is 1. The van der Waals surface area contributed by atoms with E-state index in [0.29, 0.717) is 28.1 Å². The van der Waals surface area contributed by atoms with Gasteiger partial charge in [0.05, 0.1) is 11.8 Å². The first-order valence-electron chi connectivity index (χ1n) is 10.3. The van der Waals surface area contributed by atoms with Crippen LogP contribution in [0.25, 0.3) is 0 Å². The maximum atomic E-state index is 12.5. The number of nitrogens with zero attached hydrogens (tertiary/aromatic N) is 3. The summed E-state index contributed by atoms with van der Waals surface area (Å²) in [7, 11) is 0. The molecular formula is C23H26ClN5O2S. The Hall–Kier alpha value is -2.84. The van der Waals surface area contributed by atoms with Gasteiger partial charge >= 0.3 is 0 Å². The third-order valence-corrected chi connectivity index (χ3v) is 5.96. The van der Waals surface area contributed by atoms with Gasteiger partial charge in [0.15, 0.2) is 11.0 Å². The molecule has 0 bridgehead atoms. The first-order chi connectivity index (χ1) is 15.3. The van der Waals surface area contributed by atoms with Crippen LogP contribution in [0.3, 0.4) is 0 Å². The van der Waals surface area contributed by atoms with E-state index in [1.165, 1.54) is 11.8 Å². The summed E-state index contributed by atoms with van der Waals surface area (Å²) in [5.74, 6) is 0.501. The van der Waals surface area contributed by atoms with Crippen LogP contribution in [0.5, 0.6) is 0 Å². The number of carbonyl (C=O) groups excluding carboxylic acids is 2. The summed E-state index contributed by atoms with van der Waals surface area (Å²) >= 11 is 7.20. The number of thioether (sulfide) groups is 1. The van der Waals surface area contributed by atoms with Crippen LogP contribution in [0.15, 0.2) is 47.6 Å². The lowest BCUT2D eigenvalue weighted by Crippen LogP contribution is -2.28. The van der Waals surface area contributed by atoms with E-state index in [-0.39, 0.29) is 23.6 Å². The minimum atomic E-state index is -0.357. The summed E-state index contributed by atoms with van der Waals surface area (Å²) in [6.45, 7) is 8.43. The second kappa shape index (κ2) is 10.7. The molecule has 2 N–H and O–H groups in total. The number of halogens is 1. The zero-order chi connectivity index (χ0) is 23.3. The van der Waals surface area contributed by atoms with Crippen LogP contribution in [-0.2, 0) is 11.3 Å². The van der Waals surface area contributed by atoms with Crippen molar-refractivity contribution in [1.82, 2.24) is 20.1 Å². The molecule has 0 aliphatic heterocycles. The van der Waals surface area contributed by atoms with Gasteiger partial charge < -0.3 is 15.2 Å². The maximum Gasteiger partial charge on any atom is 0.251 e. The molecule has 0 fully saturated rings. The van der Waals surface area contributed by atoms with Gasteiger partial charge in [0, 0.05) is 22.8 Å². The molecule has 1 unspecified atom stereocenters. The number of aryl methyl sites for hydroxylation is 2. The number of amides is 2. The largest absolute Gasteiger partial charge is 0.342 e. The monoisotopic (exact) mass is 471 g/mol. The fraction of sp³-hybridized carbons (Fsp3) is 0.304. The normalized spacial score (nSPS) is 11.8. The predicted octanol–water partition coefficient (Wildman–Crippen LogP) is 4.79. The van der Waals surface area contributed by atoms with Crippen molar-refractivity contribution >= 4 is 40.9 Å². The number of hydrogen-bond donors (Lipinski definition) is 2. The predicted molar refractivity (Wildman–Crippen MR) is 128 cm³/mol. The second-order valence-corrected chi connectivity index (χ2v) is 8.88. The van der Waals surface area contributed by atoms with E-state index in [1.807, 2.05) is 44.4 Å². The van der Waals surface area contributed by atoms with Crippen molar-refractivity contribution in [3.8, 4) is 0 Å². The highest BCUT2D eigenvalue weighted by Crippen LogP contribution is 2.22. The van der Waals surface area contributed by atoms with Crippen molar-refractivity contribution in [3.63, 3.8) is 0 Å². The highest BCUT2D eigenvalue weighted by atomic mass is 35.5. The SMILES string of the molecule is CCn1c(SCC(=O)Nc2cc(C)cc(C)c2)nnc1C(C)NC(=O)c1ccc(Cl)cc1. The van der Waals surface area contributed by atoms with Crippen molar-refractivity contribution < 1.29 is 9.59 Å². The first-order valence-corrected chi connectivity index (χ1v) is 11.6. The highest BCUT2D eigenvalue weighted by molar-refractivity contribution is 7.99. The highest BCUT2D eigenvalue weighted by Gasteiger charge is 2.20. The van der Waals surface area contributed by atoms with Crippen LogP contribution in [0.1, 0.15) is 47.2 Å². The van der Waals surface area contributed by atoms with Crippen LogP contribution < -0.4 is 10.6 Å². The number of carbonyl (C=O) groups is 2. The van der Waals surface area contributed by atoms with E-state index in [1.54, 1.807) is 24.3 Å². The van der Waals surface area contributed by atoms with Gasteiger partial charge in [0.1, 0.15) is 0 Å². The molecule has 0 saturated heterocycles. The molecule has 1 aromatic heterocycles. The Morgan fingerprint density at radius 1 is 1.09 bits per heavy atom. The Bertz CT molecular complexity index is 1090. The fourth-order valence-electron chi connectivity index (χ4n) is 3.34. The smallest absolute Gasteiger partial charge is 0.251 e. The molecule has 32 heavy (non-hydrogen) atoms. The van der Waals surface area contributed by atoms with Crippen LogP contribution in [0.2, 0.25) is 5.02 Å². The number of benzene rings is 2. The van der Waals surface area contributed by atoms with E-state index in [0.717, 1.165) is 16.8 Å². The van der Waals surface area contributed by atoms with E-state index in [9.17, 15) is 9.59 Å². The molecule has 168 valence electrons. The lowest BCUT2D eigenvalue weighted by Gasteiger charge is -2.15. The summed E-state index contributed by atoms with van der Waals surface area (Å²) in [5.41, 5.74) is 3.49. The number of hydrogen-bond acceptors (Lipinski definition) is 5. The molecule has 0 radical (unpaired) electrons. The van der Waals surface area contributed by atoms with Gasteiger partial charge in [0.25, 0.3) is 5.91 Å². The third kappa shape index (κ3) is 6.11. The Morgan fingerprint density at radius 2 is 1.75 bits per heavy atom. The molecule has 2 amide bonds. The fourth-order valence-corrected chi connectivity index (χ4v) is 4.28. The van der Waals surface area contributed by atoms with E-state index in [4.69, 9.17) is 11.6 Å². The average molecular weight is 472 g/mol. The number of nitrogens with one attached hydrogen (secondary N) is 2. The summed E-state index contributed by atoms with van der Waals surface area (Å²) in [5, 5.41) is 15.6. The van der Waals surface area contributed by atoms with Gasteiger partial charge in [-0.2, -0.15) is 0 Å². The first kappa shape index (κ1) is 23.8. The molecule has 7 nitrogen and oxygen atoms in total. The zero-order valence-corrected chi connectivity index (χ0v) is 20.0. The van der Waals surface area contributed by atoms with Crippen LogP contribution in [0, 0.1) is 13.8 Å². The Morgan fingerprint density at radius 3 is 2.38 bits per heavy atom. The lowest BCUT2D eigenvalue weighted by molar-refractivity contribution is -0.113. The lowest BCUT2D eigenvalue weighted by atomic mass is 10.1. The molecule has 0 spiro atoms. The molecule has 0 aliphatic rings. The topological polar surface area (TPSA) is 88.9 Å². The quantitative estimate of drug-likeness (QED) is 0.461. The van der Waals surface area contributed by atoms with Crippen LogP contribution in [0.4, 0.5) is 5.69 Å². The Kier molecular flexibility index (Phi) is 7.93. The minimum absolute atomic E-state index is 0.115. The molecule has 9 heteroatoms. The molecule has 1 heterocycles. The summed E-state index contributed by atoms with van der Waals surface area (Å²) in [6, 6.07) is 12.3. The van der Waals surface area contributed by atoms with E-state index >= 15 is 0 Å². The minimum Gasteiger partial charge on any atom is -0.342 e. The number of rotatable bonds is 8. The van der Waals surface area contributed by atoms with Crippen LogP contribution >= 0.6 is 23.4 Å². The number of aromatic nitrogens is 3. The Balaban J connectivity index is 1.62. The van der Waals surface area contributed by atoms with E-state index < -0.39 is 0 Å². The molecule has 0 aliphatic carbocycles. The zero-order valence-electron chi connectivity index (χ0n) is 18.5. The standard InChI is InChI=1S/C23H26ClN5O2S/c1-5-29-21(16(4)25-22(31)17-6-8-18(24)9-7-17)27-28-23(29)32-13-20(30)26-19-11-14(2)10-15(3)12-19/h6-12,16H,5,13H2,1-4H3,(H,25,31)(H,26,30). The molecular weight excluding hydrogens is 446 g/mol. The molecule has 3 rings (SSSR count). The van der Waals surface area contributed by atoms with Gasteiger partial charge in [-0.1, -0.05) is 29.4 Å². The van der Waals surface area contributed by atoms with Crippen molar-refractivity contribution in [1.29, 1.82) is 0 Å². The maximum absolute atomic E-state index is 12.5. The molecule has 3 aromatic rings. The van der Waals surface area contributed by atoms with Gasteiger partial charge in [-0.25, -0.2) is 0 Å². The average Bonchev–Trinajstić information content (AvgIpc) is 3.15. The third-order valence-electron chi connectivity index (χ3n) is 4.74. The van der Waals surface area contributed by atoms with E-state index in [2.05, 4.69) is 26.9 Å². The van der Waals surface area contributed by atoms with Crippen molar-refractivity contribution in [3.05, 3.63) is 70.0 Å². The van der Waals surface area contributed by atoms with Gasteiger partial charge in [-0.3, -0.25) is 9.59 Å². The second-order valence-electron chi connectivity index (χ2n) is 7.50.